The molecule has 0 fully saturated rings. The quantitative estimate of drug-likeness (QED) is 0.401. The molecule has 180 valence electrons. The van der Waals surface area contributed by atoms with Crippen molar-refractivity contribution in [3.05, 3.63) is 79.5 Å². The van der Waals surface area contributed by atoms with Crippen LogP contribution >= 0.6 is 11.6 Å². The summed E-state index contributed by atoms with van der Waals surface area (Å²) in [7, 11) is 4.33. The monoisotopic (exact) mass is 488 g/mol. The SMILES string of the molecule is COCCn1c(NC(=O)c2cc(Cl)c(OC)c(OC)c2)c(NCc2ccccc2)c(=O)[nH]c1=O. The normalized spacial score (nSPS) is 10.6. The maximum Gasteiger partial charge on any atom is 0.330 e. The van der Waals surface area contributed by atoms with Crippen LogP contribution in [0.5, 0.6) is 11.5 Å². The Hall–Kier alpha value is -3.76. The first kappa shape index (κ1) is 24.9. The highest BCUT2D eigenvalue weighted by Gasteiger charge is 2.20. The maximum atomic E-state index is 13.2. The summed E-state index contributed by atoms with van der Waals surface area (Å²) < 4.78 is 16.8. The molecule has 0 saturated carbocycles. The second-order valence-corrected chi connectivity index (χ2v) is 7.52. The molecular formula is C23H25ClN4O6. The molecule has 1 aromatic heterocycles. The second kappa shape index (κ2) is 11.4. The molecule has 0 aliphatic heterocycles. The van der Waals surface area contributed by atoms with Gasteiger partial charge < -0.3 is 24.8 Å². The Kier molecular flexibility index (Phi) is 8.34. The van der Waals surface area contributed by atoms with E-state index >= 15 is 0 Å². The highest BCUT2D eigenvalue weighted by Crippen LogP contribution is 2.36. The van der Waals surface area contributed by atoms with Crippen LogP contribution in [0.4, 0.5) is 11.5 Å². The molecule has 2 aromatic carbocycles. The summed E-state index contributed by atoms with van der Waals surface area (Å²) >= 11 is 6.24. The number of amides is 1. The van der Waals surface area contributed by atoms with Crippen LogP contribution in [0.15, 0.2) is 52.1 Å². The third kappa shape index (κ3) is 5.59. The second-order valence-electron chi connectivity index (χ2n) is 7.11. The zero-order valence-corrected chi connectivity index (χ0v) is 19.7. The average molecular weight is 489 g/mol. The molecule has 0 unspecified atom stereocenters. The van der Waals surface area contributed by atoms with Gasteiger partial charge in [0.25, 0.3) is 11.5 Å². The van der Waals surface area contributed by atoms with Gasteiger partial charge in [-0.1, -0.05) is 41.9 Å². The van der Waals surface area contributed by atoms with E-state index in [0.29, 0.717) is 0 Å². The van der Waals surface area contributed by atoms with Gasteiger partial charge >= 0.3 is 5.69 Å². The molecular weight excluding hydrogens is 464 g/mol. The first-order valence-corrected chi connectivity index (χ1v) is 10.6. The van der Waals surface area contributed by atoms with Crippen LogP contribution in [0.1, 0.15) is 15.9 Å². The van der Waals surface area contributed by atoms with Gasteiger partial charge in [0.05, 0.1) is 32.4 Å². The lowest BCUT2D eigenvalue weighted by atomic mass is 10.2. The van der Waals surface area contributed by atoms with Crippen molar-refractivity contribution in [1.82, 2.24) is 9.55 Å². The van der Waals surface area contributed by atoms with E-state index in [2.05, 4.69) is 15.6 Å². The van der Waals surface area contributed by atoms with Crippen molar-refractivity contribution < 1.29 is 19.0 Å². The van der Waals surface area contributed by atoms with Crippen molar-refractivity contribution in [3.63, 3.8) is 0 Å². The highest BCUT2D eigenvalue weighted by atomic mass is 35.5. The number of hydrogen-bond donors (Lipinski definition) is 3. The van der Waals surface area contributed by atoms with Crippen molar-refractivity contribution in [2.45, 2.75) is 13.1 Å². The molecule has 0 radical (unpaired) electrons. The van der Waals surface area contributed by atoms with Crippen LogP contribution in [0.25, 0.3) is 0 Å². The number of aromatic nitrogens is 2. The van der Waals surface area contributed by atoms with E-state index in [1.165, 1.54) is 38.0 Å². The van der Waals surface area contributed by atoms with Crippen LogP contribution in [0.3, 0.4) is 0 Å². The standard InChI is InChI=1S/C23H25ClN4O6/c1-32-10-9-28-20(26-21(29)15-11-16(24)19(34-3)17(12-15)33-2)18(22(30)27-23(28)31)25-13-14-7-5-4-6-8-14/h4-8,11-12,25H,9-10,13H2,1-3H3,(H,26,29)(H,27,30,31). The molecule has 0 saturated heterocycles. The fourth-order valence-electron chi connectivity index (χ4n) is 3.28. The molecule has 34 heavy (non-hydrogen) atoms. The van der Waals surface area contributed by atoms with Crippen LogP contribution in [-0.2, 0) is 17.8 Å². The molecule has 3 rings (SSSR count). The minimum Gasteiger partial charge on any atom is -0.493 e. The zero-order chi connectivity index (χ0) is 24.7. The van der Waals surface area contributed by atoms with Crippen LogP contribution in [-0.4, -0.2) is 43.4 Å². The number of rotatable bonds is 10. The highest BCUT2D eigenvalue weighted by molar-refractivity contribution is 6.32. The van der Waals surface area contributed by atoms with Crippen molar-refractivity contribution in [2.24, 2.45) is 0 Å². The molecule has 3 aromatic rings. The van der Waals surface area contributed by atoms with Crippen molar-refractivity contribution in [3.8, 4) is 11.5 Å². The number of benzene rings is 2. The smallest absolute Gasteiger partial charge is 0.330 e. The number of nitrogens with zero attached hydrogens (tertiary/aromatic N) is 1. The van der Waals surface area contributed by atoms with Crippen LogP contribution in [0, 0.1) is 0 Å². The Bertz CT molecular complexity index is 1270. The van der Waals surface area contributed by atoms with E-state index in [9.17, 15) is 14.4 Å². The van der Waals surface area contributed by atoms with E-state index < -0.39 is 17.2 Å². The maximum absolute atomic E-state index is 13.2. The van der Waals surface area contributed by atoms with Crippen LogP contribution < -0.4 is 31.4 Å². The predicted molar refractivity (Wildman–Crippen MR) is 129 cm³/mol. The van der Waals surface area contributed by atoms with Gasteiger partial charge in [-0.05, 0) is 17.7 Å². The predicted octanol–water partition coefficient (Wildman–Crippen LogP) is 2.72. The van der Waals surface area contributed by atoms with Gasteiger partial charge in [-0.15, -0.1) is 0 Å². The average Bonchev–Trinajstić information content (AvgIpc) is 2.83. The summed E-state index contributed by atoms with van der Waals surface area (Å²) in [6, 6.07) is 12.2. The minimum atomic E-state index is -0.687. The number of ether oxygens (including phenoxy) is 3. The van der Waals surface area contributed by atoms with Gasteiger partial charge in [0, 0.05) is 19.2 Å². The molecule has 0 atom stereocenters. The van der Waals surface area contributed by atoms with E-state index in [1.807, 2.05) is 30.3 Å². The number of aromatic amines is 1. The Balaban J connectivity index is 2.03. The third-order valence-corrected chi connectivity index (χ3v) is 5.24. The summed E-state index contributed by atoms with van der Waals surface area (Å²) in [4.78, 5) is 40.7. The molecule has 0 aliphatic rings. The number of nitrogens with one attached hydrogen (secondary N) is 3. The summed E-state index contributed by atoms with van der Waals surface area (Å²) in [5, 5.41) is 5.85. The number of anilines is 2. The zero-order valence-electron chi connectivity index (χ0n) is 18.9. The van der Waals surface area contributed by atoms with Gasteiger partial charge in [-0.25, -0.2) is 4.79 Å². The minimum absolute atomic E-state index is 0.00219. The number of carbonyl (C=O) groups is 1. The van der Waals surface area contributed by atoms with E-state index in [0.717, 1.165) is 5.56 Å². The Morgan fingerprint density at radius 3 is 2.47 bits per heavy atom. The topological polar surface area (TPSA) is 124 Å². The fraction of sp³-hybridized carbons (Fsp3) is 0.261. The van der Waals surface area contributed by atoms with Gasteiger partial charge in [0.2, 0.25) is 0 Å². The third-order valence-electron chi connectivity index (χ3n) is 4.96. The molecule has 0 spiro atoms. The summed E-state index contributed by atoms with van der Waals surface area (Å²) in [6.07, 6.45) is 0. The molecule has 0 aliphatic carbocycles. The summed E-state index contributed by atoms with van der Waals surface area (Å²) in [5.41, 5.74) is -0.286. The number of halogens is 1. The first-order chi connectivity index (χ1) is 16.4. The van der Waals surface area contributed by atoms with Crippen molar-refractivity contribution in [1.29, 1.82) is 0 Å². The van der Waals surface area contributed by atoms with E-state index in [1.54, 1.807) is 0 Å². The molecule has 10 nitrogen and oxygen atoms in total. The molecule has 1 heterocycles. The lowest BCUT2D eigenvalue weighted by molar-refractivity contribution is 0.102. The lowest BCUT2D eigenvalue weighted by Crippen LogP contribution is -2.36. The lowest BCUT2D eigenvalue weighted by Gasteiger charge is -2.18. The summed E-state index contributed by atoms with van der Waals surface area (Å²) in [6.45, 7) is 0.557. The van der Waals surface area contributed by atoms with Gasteiger partial charge in [0.1, 0.15) is 11.5 Å². The number of methoxy groups -OCH3 is 3. The molecule has 0 bridgehead atoms. The van der Waals surface area contributed by atoms with Crippen LogP contribution in [0.2, 0.25) is 5.02 Å². The van der Waals surface area contributed by atoms with E-state index in [-0.39, 0.29) is 53.3 Å². The van der Waals surface area contributed by atoms with Gasteiger partial charge in [0.15, 0.2) is 11.5 Å². The van der Waals surface area contributed by atoms with Crippen molar-refractivity contribution in [2.75, 3.05) is 38.6 Å². The number of carbonyl (C=O) groups excluding carboxylic acids is 1. The fourth-order valence-corrected chi connectivity index (χ4v) is 3.56. The molecule has 11 heteroatoms. The molecule has 3 N–H and O–H groups in total. The largest absolute Gasteiger partial charge is 0.493 e. The Morgan fingerprint density at radius 1 is 1.09 bits per heavy atom. The Labute approximate surface area is 200 Å². The van der Waals surface area contributed by atoms with Gasteiger partial charge in [-0.3, -0.25) is 19.1 Å². The van der Waals surface area contributed by atoms with Crippen molar-refractivity contribution >= 4 is 29.0 Å². The first-order valence-electron chi connectivity index (χ1n) is 10.3. The van der Waals surface area contributed by atoms with E-state index in [4.69, 9.17) is 25.8 Å². The van der Waals surface area contributed by atoms with Gasteiger partial charge in [-0.2, -0.15) is 0 Å². The number of H-pyrrole nitrogens is 1. The number of hydrogen-bond acceptors (Lipinski definition) is 7. The molecule has 1 amide bonds. The Morgan fingerprint density at radius 2 is 1.82 bits per heavy atom. The summed E-state index contributed by atoms with van der Waals surface area (Å²) in [5.74, 6) is -0.0798.